The number of carbonyl (C=O) groups excluding carboxylic acids is 2. The second-order valence-electron chi connectivity index (χ2n) is 5.11. The molecule has 19 heavy (non-hydrogen) atoms. The zero-order chi connectivity index (χ0) is 13.4. The number of amides is 2. The Labute approximate surface area is 110 Å². The van der Waals surface area contributed by atoms with E-state index in [0.29, 0.717) is 24.0 Å². The first-order valence-corrected chi connectivity index (χ1v) is 6.68. The van der Waals surface area contributed by atoms with Gasteiger partial charge < -0.3 is 4.42 Å². The van der Waals surface area contributed by atoms with E-state index in [1.807, 2.05) is 0 Å². The van der Waals surface area contributed by atoms with E-state index in [2.05, 4.69) is 5.32 Å². The molecule has 0 fully saturated rings. The predicted octanol–water partition coefficient (Wildman–Crippen LogP) is 1.11. The standard InChI is InChI=1S/C14H15NO4/c16-11-7-10-12(13(17)15-11)8-5-3-1-2-4-6-9(8)14(18)19-10/h1-7H2,(H,15,16,17). The Morgan fingerprint density at radius 1 is 0.895 bits per heavy atom. The summed E-state index contributed by atoms with van der Waals surface area (Å²) in [5.41, 5.74) is 1.48. The third-order valence-corrected chi connectivity index (χ3v) is 3.81. The average molecular weight is 261 g/mol. The Balaban J connectivity index is 2.21. The highest BCUT2D eigenvalue weighted by Crippen LogP contribution is 2.25. The maximum Gasteiger partial charge on any atom is 0.339 e. The van der Waals surface area contributed by atoms with E-state index in [-0.39, 0.29) is 17.8 Å². The van der Waals surface area contributed by atoms with E-state index in [9.17, 15) is 14.4 Å². The summed E-state index contributed by atoms with van der Waals surface area (Å²) in [4.78, 5) is 35.3. The van der Waals surface area contributed by atoms with Crippen LogP contribution in [0.3, 0.4) is 0 Å². The number of nitrogens with one attached hydrogen (secondary N) is 1. The van der Waals surface area contributed by atoms with Crippen LogP contribution in [0, 0.1) is 0 Å². The van der Waals surface area contributed by atoms with Crippen LogP contribution in [0.1, 0.15) is 52.9 Å². The summed E-state index contributed by atoms with van der Waals surface area (Å²) in [7, 11) is 0. The van der Waals surface area contributed by atoms with Gasteiger partial charge in [-0.2, -0.15) is 0 Å². The minimum absolute atomic E-state index is 0.0242. The second-order valence-corrected chi connectivity index (χ2v) is 5.11. The van der Waals surface area contributed by atoms with Crippen molar-refractivity contribution in [1.82, 2.24) is 5.32 Å². The molecule has 1 aromatic rings. The summed E-state index contributed by atoms with van der Waals surface area (Å²) in [6.07, 6.45) is 5.46. The molecular formula is C14H15NO4. The molecule has 2 aliphatic rings. The van der Waals surface area contributed by atoms with Crippen molar-refractivity contribution in [1.29, 1.82) is 0 Å². The molecule has 0 unspecified atom stereocenters. The van der Waals surface area contributed by atoms with E-state index in [1.54, 1.807) is 0 Å². The van der Waals surface area contributed by atoms with Gasteiger partial charge in [0.1, 0.15) is 5.76 Å². The molecule has 0 aromatic carbocycles. The molecule has 0 saturated carbocycles. The van der Waals surface area contributed by atoms with Crippen molar-refractivity contribution < 1.29 is 14.0 Å². The van der Waals surface area contributed by atoms with Crippen molar-refractivity contribution >= 4 is 11.8 Å². The topological polar surface area (TPSA) is 76.4 Å². The first kappa shape index (κ1) is 12.1. The van der Waals surface area contributed by atoms with Gasteiger partial charge >= 0.3 is 5.63 Å². The molecule has 0 spiro atoms. The quantitative estimate of drug-likeness (QED) is 0.710. The lowest BCUT2D eigenvalue weighted by Gasteiger charge is -2.20. The van der Waals surface area contributed by atoms with Crippen molar-refractivity contribution in [3.8, 4) is 0 Å². The van der Waals surface area contributed by atoms with Crippen molar-refractivity contribution in [2.24, 2.45) is 0 Å². The molecule has 1 aliphatic heterocycles. The van der Waals surface area contributed by atoms with Gasteiger partial charge in [0.15, 0.2) is 0 Å². The first-order valence-electron chi connectivity index (χ1n) is 6.68. The van der Waals surface area contributed by atoms with Gasteiger partial charge in [-0.1, -0.05) is 12.8 Å². The maximum absolute atomic E-state index is 12.0. The largest absolute Gasteiger partial charge is 0.426 e. The number of imide groups is 1. The van der Waals surface area contributed by atoms with Crippen molar-refractivity contribution in [3.05, 3.63) is 32.9 Å². The Bertz CT molecular complexity index is 615. The number of fused-ring (bicyclic) bond motifs is 3. The van der Waals surface area contributed by atoms with Gasteiger partial charge in [0, 0.05) is 5.56 Å². The fourth-order valence-corrected chi connectivity index (χ4v) is 2.92. The van der Waals surface area contributed by atoms with Crippen molar-refractivity contribution in [3.63, 3.8) is 0 Å². The normalized spacial score (nSPS) is 18.9. The molecule has 1 aliphatic carbocycles. The molecule has 0 saturated heterocycles. The highest BCUT2D eigenvalue weighted by atomic mass is 16.4. The van der Waals surface area contributed by atoms with Crippen LogP contribution in [0.2, 0.25) is 0 Å². The average Bonchev–Trinajstić information content (AvgIpc) is 2.29. The summed E-state index contributed by atoms with van der Waals surface area (Å²) in [5.74, 6) is -0.601. The van der Waals surface area contributed by atoms with E-state index < -0.39 is 11.8 Å². The molecule has 100 valence electrons. The van der Waals surface area contributed by atoms with Crippen LogP contribution in [-0.2, 0) is 24.1 Å². The highest BCUT2D eigenvalue weighted by Gasteiger charge is 2.30. The smallest absolute Gasteiger partial charge is 0.339 e. The van der Waals surface area contributed by atoms with Crippen molar-refractivity contribution in [2.45, 2.75) is 44.9 Å². The fourth-order valence-electron chi connectivity index (χ4n) is 2.92. The predicted molar refractivity (Wildman–Crippen MR) is 67.0 cm³/mol. The molecule has 1 N–H and O–H groups in total. The lowest BCUT2D eigenvalue weighted by Crippen LogP contribution is -2.39. The van der Waals surface area contributed by atoms with E-state index in [4.69, 9.17) is 4.42 Å². The summed E-state index contributed by atoms with van der Waals surface area (Å²) < 4.78 is 5.20. The third kappa shape index (κ3) is 2.09. The molecular weight excluding hydrogens is 246 g/mol. The van der Waals surface area contributed by atoms with Crippen LogP contribution in [0.25, 0.3) is 0 Å². The van der Waals surface area contributed by atoms with Gasteiger partial charge in [0.25, 0.3) is 5.91 Å². The minimum atomic E-state index is -0.424. The molecule has 5 heteroatoms. The molecule has 0 radical (unpaired) electrons. The third-order valence-electron chi connectivity index (χ3n) is 3.81. The second kappa shape index (κ2) is 4.64. The Kier molecular flexibility index (Phi) is 2.97. The SMILES string of the molecule is O=C1Cc2oc(=O)c3c(c2C(=O)N1)CCCCCC3. The molecule has 0 bridgehead atoms. The number of rotatable bonds is 0. The zero-order valence-corrected chi connectivity index (χ0v) is 10.6. The maximum atomic E-state index is 12.0. The van der Waals surface area contributed by atoms with Gasteiger partial charge in [-0.25, -0.2) is 4.79 Å². The molecule has 3 rings (SSSR count). The Morgan fingerprint density at radius 3 is 2.32 bits per heavy atom. The molecule has 0 atom stereocenters. The van der Waals surface area contributed by atoms with Gasteiger partial charge in [-0.15, -0.1) is 0 Å². The van der Waals surface area contributed by atoms with E-state index in [1.165, 1.54) is 0 Å². The van der Waals surface area contributed by atoms with Crippen LogP contribution < -0.4 is 10.9 Å². The summed E-state index contributed by atoms with van der Waals surface area (Å²) in [6, 6.07) is 0. The van der Waals surface area contributed by atoms with Crippen LogP contribution in [0.15, 0.2) is 9.21 Å². The van der Waals surface area contributed by atoms with Gasteiger partial charge in [0.05, 0.1) is 12.0 Å². The molecule has 5 nitrogen and oxygen atoms in total. The number of carbonyl (C=O) groups is 2. The van der Waals surface area contributed by atoms with Crippen LogP contribution >= 0.6 is 0 Å². The Hall–Kier alpha value is -1.91. The minimum Gasteiger partial charge on any atom is -0.426 e. The number of hydrogen-bond donors (Lipinski definition) is 1. The lowest BCUT2D eigenvalue weighted by molar-refractivity contribution is -0.120. The first-order chi connectivity index (χ1) is 9.16. The summed E-state index contributed by atoms with van der Waals surface area (Å²) in [6.45, 7) is 0. The van der Waals surface area contributed by atoms with Crippen LogP contribution in [-0.4, -0.2) is 11.8 Å². The number of hydrogen-bond acceptors (Lipinski definition) is 4. The zero-order valence-electron chi connectivity index (χ0n) is 10.6. The van der Waals surface area contributed by atoms with Crippen LogP contribution in [0.5, 0.6) is 0 Å². The van der Waals surface area contributed by atoms with E-state index in [0.717, 1.165) is 31.2 Å². The molecule has 2 heterocycles. The summed E-state index contributed by atoms with van der Waals surface area (Å²) >= 11 is 0. The molecule has 2 amide bonds. The van der Waals surface area contributed by atoms with Gasteiger partial charge in [0.2, 0.25) is 5.91 Å². The summed E-state index contributed by atoms with van der Waals surface area (Å²) in [5, 5.41) is 2.30. The van der Waals surface area contributed by atoms with Crippen LogP contribution in [0.4, 0.5) is 0 Å². The lowest BCUT2D eigenvalue weighted by atomic mass is 9.89. The van der Waals surface area contributed by atoms with Crippen molar-refractivity contribution in [2.75, 3.05) is 0 Å². The van der Waals surface area contributed by atoms with Gasteiger partial charge in [-0.3, -0.25) is 14.9 Å². The highest BCUT2D eigenvalue weighted by molar-refractivity contribution is 6.10. The van der Waals surface area contributed by atoms with Gasteiger partial charge in [-0.05, 0) is 31.2 Å². The monoisotopic (exact) mass is 261 g/mol. The van der Waals surface area contributed by atoms with E-state index >= 15 is 0 Å². The Morgan fingerprint density at radius 2 is 1.58 bits per heavy atom. The fraction of sp³-hybridized carbons (Fsp3) is 0.500. The molecule has 1 aromatic heterocycles.